The van der Waals surface area contributed by atoms with Crippen molar-refractivity contribution in [2.75, 3.05) is 13.1 Å². The number of aliphatic hydroxyl groups is 1. The lowest BCUT2D eigenvalue weighted by molar-refractivity contribution is -0.133. The smallest absolute Gasteiger partial charge is 0.410 e. The summed E-state index contributed by atoms with van der Waals surface area (Å²) >= 11 is 0. The number of ether oxygens (including phenoxy) is 1. The van der Waals surface area contributed by atoms with E-state index in [1.54, 1.807) is 11.8 Å². The molecule has 1 amide bonds. The Morgan fingerprint density at radius 2 is 1.90 bits per heavy atom. The van der Waals surface area contributed by atoms with E-state index in [0.29, 0.717) is 25.9 Å². The maximum absolute atomic E-state index is 12.5. The molecule has 1 heterocycles. The van der Waals surface area contributed by atoms with Crippen LogP contribution in [-0.2, 0) is 9.53 Å². The van der Waals surface area contributed by atoms with E-state index in [2.05, 4.69) is 0 Å². The van der Waals surface area contributed by atoms with Crippen LogP contribution in [0.5, 0.6) is 0 Å². The fraction of sp³-hybridized carbons (Fsp3) is 0.875. The zero-order valence-electron chi connectivity index (χ0n) is 13.5. The number of nitrogens with zero attached hydrogens (tertiary/aromatic N) is 1. The fourth-order valence-electron chi connectivity index (χ4n) is 3.48. The highest BCUT2D eigenvalue weighted by molar-refractivity contribution is 5.89. The Labute approximate surface area is 126 Å². The molecule has 2 aliphatic rings. The number of carbonyl (C=O) groups excluding carboxylic acids is 2. The minimum absolute atomic E-state index is 0.196. The summed E-state index contributed by atoms with van der Waals surface area (Å²) in [5.41, 5.74) is -0.813. The van der Waals surface area contributed by atoms with Gasteiger partial charge >= 0.3 is 6.09 Å². The van der Waals surface area contributed by atoms with Gasteiger partial charge in [-0.05, 0) is 53.4 Å². The van der Waals surface area contributed by atoms with Gasteiger partial charge in [0.25, 0.3) is 0 Å². The molecule has 2 atom stereocenters. The number of rotatable bonds is 1. The van der Waals surface area contributed by atoms with Crippen LogP contribution in [0.15, 0.2) is 0 Å². The van der Waals surface area contributed by atoms with Gasteiger partial charge in [0.05, 0.1) is 6.10 Å². The molecule has 5 heteroatoms. The first-order valence-corrected chi connectivity index (χ1v) is 7.85. The summed E-state index contributed by atoms with van der Waals surface area (Å²) in [5.74, 6) is -0.0283. The fourth-order valence-corrected chi connectivity index (χ4v) is 3.48. The number of carbonyl (C=O) groups is 2. The maximum atomic E-state index is 12.5. The van der Waals surface area contributed by atoms with E-state index >= 15 is 0 Å². The second-order valence-electron chi connectivity index (χ2n) is 7.50. The largest absolute Gasteiger partial charge is 0.444 e. The topological polar surface area (TPSA) is 66.8 Å². The summed E-state index contributed by atoms with van der Waals surface area (Å²) < 4.78 is 5.38. The third-order valence-electron chi connectivity index (χ3n) is 4.75. The third-order valence-corrected chi connectivity index (χ3v) is 4.75. The molecule has 2 rings (SSSR count). The van der Waals surface area contributed by atoms with Crippen LogP contribution in [0.2, 0.25) is 0 Å². The average Bonchev–Trinajstić information content (AvgIpc) is 2.66. The number of hydrogen-bond acceptors (Lipinski definition) is 4. The summed E-state index contributed by atoms with van der Waals surface area (Å²) in [6.07, 6.45) is 2.12. The minimum atomic E-state index is -0.569. The Kier molecular flexibility index (Phi) is 4.34. The van der Waals surface area contributed by atoms with Crippen LogP contribution in [0.4, 0.5) is 4.79 Å². The molecule has 2 fully saturated rings. The van der Waals surface area contributed by atoms with Crippen molar-refractivity contribution >= 4 is 11.9 Å². The number of amides is 1. The molecule has 0 unspecified atom stereocenters. The van der Waals surface area contributed by atoms with Gasteiger partial charge in [-0.2, -0.15) is 0 Å². The molecule has 1 saturated carbocycles. The highest BCUT2D eigenvalue weighted by Gasteiger charge is 2.50. The summed E-state index contributed by atoms with van der Waals surface area (Å²) in [7, 11) is 0. The lowest BCUT2D eigenvalue weighted by atomic mass is 9.75. The van der Waals surface area contributed by atoms with E-state index in [1.807, 2.05) is 20.8 Å². The molecule has 0 aromatic rings. The van der Waals surface area contributed by atoms with Gasteiger partial charge in [0.2, 0.25) is 0 Å². The van der Waals surface area contributed by atoms with Gasteiger partial charge in [-0.3, -0.25) is 4.79 Å². The Morgan fingerprint density at radius 1 is 1.33 bits per heavy atom. The highest BCUT2D eigenvalue weighted by Crippen LogP contribution is 2.47. The quantitative estimate of drug-likeness (QED) is 0.807. The summed E-state index contributed by atoms with van der Waals surface area (Å²) in [4.78, 5) is 26.3. The van der Waals surface area contributed by atoms with Crippen LogP contribution in [0.25, 0.3) is 0 Å². The van der Waals surface area contributed by atoms with Gasteiger partial charge in [-0.1, -0.05) is 0 Å². The Morgan fingerprint density at radius 3 is 2.33 bits per heavy atom. The van der Waals surface area contributed by atoms with Gasteiger partial charge in [0.15, 0.2) is 0 Å². The molecule has 5 nitrogen and oxygen atoms in total. The number of Topliss-reactive ketones (excluding diaryl/α,β-unsaturated/α-hetero) is 1. The minimum Gasteiger partial charge on any atom is -0.444 e. The first-order chi connectivity index (χ1) is 9.65. The van der Waals surface area contributed by atoms with Crippen molar-refractivity contribution in [3.63, 3.8) is 0 Å². The zero-order chi connectivity index (χ0) is 15.8. The third kappa shape index (κ3) is 3.39. The normalized spacial score (nSPS) is 27.0. The van der Waals surface area contributed by atoms with Crippen LogP contribution in [0.1, 0.15) is 53.4 Å². The molecular weight excluding hydrogens is 270 g/mol. The van der Waals surface area contributed by atoms with Gasteiger partial charge < -0.3 is 14.7 Å². The van der Waals surface area contributed by atoms with Gasteiger partial charge in [0, 0.05) is 24.4 Å². The second kappa shape index (κ2) is 5.59. The number of aliphatic hydroxyl groups excluding tert-OH is 1. The predicted octanol–water partition coefficient (Wildman–Crippen LogP) is 2.36. The van der Waals surface area contributed by atoms with Gasteiger partial charge in [0.1, 0.15) is 11.4 Å². The number of hydrogen-bond donors (Lipinski definition) is 1. The van der Waals surface area contributed by atoms with E-state index in [-0.39, 0.29) is 23.2 Å². The molecule has 1 aliphatic heterocycles. The SMILES string of the molecule is C[C@H](O)[C@@H]1CCC2(CCN(C(=O)OC(C)(C)C)CC2)C1=O. The number of likely N-dealkylation sites (tertiary alicyclic amines) is 1. The van der Waals surface area contributed by atoms with Crippen molar-refractivity contribution in [2.24, 2.45) is 11.3 Å². The van der Waals surface area contributed by atoms with E-state index in [9.17, 15) is 14.7 Å². The Hall–Kier alpha value is -1.10. The van der Waals surface area contributed by atoms with Crippen molar-refractivity contribution < 1.29 is 19.4 Å². The first-order valence-electron chi connectivity index (χ1n) is 7.85. The summed E-state index contributed by atoms with van der Waals surface area (Å²) in [6, 6.07) is 0. The van der Waals surface area contributed by atoms with Crippen molar-refractivity contribution in [3.8, 4) is 0 Å². The summed E-state index contributed by atoms with van der Waals surface area (Å²) in [6.45, 7) is 8.37. The monoisotopic (exact) mass is 297 g/mol. The van der Waals surface area contributed by atoms with Crippen LogP contribution in [0, 0.1) is 11.3 Å². The molecular formula is C16H27NO4. The van der Waals surface area contributed by atoms with Crippen molar-refractivity contribution in [1.29, 1.82) is 0 Å². The molecule has 1 N–H and O–H groups in total. The molecule has 0 radical (unpaired) electrons. The first kappa shape index (κ1) is 16.3. The van der Waals surface area contributed by atoms with Crippen LogP contribution >= 0.6 is 0 Å². The molecule has 21 heavy (non-hydrogen) atoms. The molecule has 120 valence electrons. The number of ketones is 1. The molecule has 0 aromatic heterocycles. The predicted molar refractivity (Wildman–Crippen MR) is 78.9 cm³/mol. The Bertz CT molecular complexity index is 416. The van der Waals surface area contributed by atoms with Crippen LogP contribution < -0.4 is 0 Å². The molecule has 0 aromatic carbocycles. The van der Waals surface area contributed by atoms with E-state index in [0.717, 1.165) is 12.8 Å². The molecule has 0 bridgehead atoms. The number of piperidine rings is 1. The van der Waals surface area contributed by atoms with E-state index in [1.165, 1.54) is 0 Å². The van der Waals surface area contributed by atoms with Gasteiger partial charge in [-0.25, -0.2) is 4.79 Å². The van der Waals surface area contributed by atoms with Gasteiger partial charge in [-0.15, -0.1) is 0 Å². The zero-order valence-corrected chi connectivity index (χ0v) is 13.5. The van der Waals surface area contributed by atoms with Crippen molar-refractivity contribution in [3.05, 3.63) is 0 Å². The van der Waals surface area contributed by atoms with Crippen molar-refractivity contribution in [1.82, 2.24) is 4.90 Å². The van der Waals surface area contributed by atoms with E-state index < -0.39 is 11.7 Å². The van der Waals surface area contributed by atoms with E-state index in [4.69, 9.17) is 4.74 Å². The summed E-state index contributed by atoms with van der Waals surface area (Å²) in [5, 5.41) is 9.70. The standard InChI is InChI=1S/C16H27NO4/c1-11(18)12-5-6-16(13(12)19)7-9-17(10-8-16)14(20)21-15(2,3)4/h11-12,18H,5-10H2,1-4H3/t11-,12-/m0/s1. The van der Waals surface area contributed by atoms with Crippen LogP contribution in [-0.4, -0.2) is 46.7 Å². The van der Waals surface area contributed by atoms with Crippen molar-refractivity contribution in [2.45, 2.75) is 65.1 Å². The lowest BCUT2D eigenvalue weighted by Crippen LogP contribution is -2.47. The average molecular weight is 297 g/mol. The molecule has 1 aliphatic carbocycles. The lowest BCUT2D eigenvalue weighted by Gasteiger charge is -2.39. The van der Waals surface area contributed by atoms with Crippen LogP contribution in [0.3, 0.4) is 0 Å². The second-order valence-corrected chi connectivity index (χ2v) is 7.50. The molecule has 1 saturated heterocycles. The Balaban J connectivity index is 1.95. The molecule has 1 spiro atoms. The maximum Gasteiger partial charge on any atom is 0.410 e. The highest BCUT2D eigenvalue weighted by atomic mass is 16.6.